The van der Waals surface area contributed by atoms with Crippen LogP contribution in [0.3, 0.4) is 0 Å². The first-order valence-electron chi connectivity index (χ1n) is 10.4. The minimum Gasteiger partial charge on any atom is -0.372 e. The highest BCUT2D eigenvalue weighted by Crippen LogP contribution is 2.26. The highest BCUT2D eigenvalue weighted by atomic mass is 16.5. The third-order valence-corrected chi connectivity index (χ3v) is 5.90. The highest BCUT2D eigenvalue weighted by Gasteiger charge is 2.34. The largest absolute Gasteiger partial charge is 0.372 e. The number of ether oxygens (including phenoxy) is 1. The minimum atomic E-state index is -0.0479. The van der Waals surface area contributed by atoms with Crippen LogP contribution >= 0.6 is 0 Å². The number of hydrogen-bond acceptors (Lipinski definition) is 4. The number of benzene rings is 1. The van der Waals surface area contributed by atoms with Gasteiger partial charge in [0.25, 0.3) is 11.8 Å². The molecule has 0 saturated carbocycles. The molecule has 2 aliphatic heterocycles. The van der Waals surface area contributed by atoms with Crippen molar-refractivity contribution >= 4 is 11.8 Å². The summed E-state index contributed by atoms with van der Waals surface area (Å²) in [6.07, 6.45) is 1.59. The predicted octanol–water partition coefficient (Wildman–Crippen LogP) is 3.05. The lowest BCUT2D eigenvalue weighted by molar-refractivity contribution is 0.0375. The number of aromatic nitrogens is 1. The zero-order valence-electron chi connectivity index (χ0n) is 17.1. The van der Waals surface area contributed by atoms with Crippen LogP contribution in [-0.4, -0.2) is 52.3 Å². The Balaban J connectivity index is 1.51. The van der Waals surface area contributed by atoms with E-state index >= 15 is 0 Å². The first-order chi connectivity index (χ1) is 14.1. The maximum Gasteiger partial charge on any atom is 0.272 e. The molecule has 2 aliphatic rings. The van der Waals surface area contributed by atoms with Gasteiger partial charge in [0, 0.05) is 36.9 Å². The van der Waals surface area contributed by atoms with Crippen molar-refractivity contribution in [3.05, 3.63) is 64.5 Å². The second kappa shape index (κ2) is 8.33. The SMILES string of the molecule is CCc1cccc(C(=O)N2CCN(C(=O)c3cccc4c3COC4)CC2CC)n1. The van der Waals surface area contributed by atoms with E-state index in [1.165, 1.54) is 0 Å². The Labute approximate surface area is 171 Å². The molecule has 0 radical (unpaired) electrons. The van der Waals surface area contributed by atoms with Crippen molar-refractivity contribution < 1.29 is 14.3 Å². The average Bonchev–Trinajstić information content (AvgIpc) is 3.26. The number of carbonyl (C=O) groups excluding carboxylic acids is 2. The quantitative estimate of drug-likeness (QED) is 0.801. The fourth-order valence-electron chi connectivity index (χ4n) is 4.17. The molecule has 1 aromatic carbocycles. The summed E-state index contributed by atoms with van der Waals surface area (Å²) in [5.41, 5.74) is 4.23. The van der Waals surface area contributed by atoms with Gasteiger partial charge in [-0.1, -0.05) is 32.0 Å². The zero-order valence-corrected chi connectivity index (χ0v) is 17.1. The molecule has 2 amide bonds. The summed E-state index contributed by atoms with van der Waals surface area (Å²) in [5.74, 6) is -0.0164. The second-order valence-corrected chi connectivity index (χ2v) is 7.62. The Morgan fingerprint density at radius 1 is 1.07 bits per heavy atom. The van der Waals surface area contributed by atoms with E-state index < -0.39 is 0 Å². The molecule has 152 valence electrons. The number of piperazine rings is 1. The third-order valence-electron chi connectivity index (χ3n) is 5.90. The zero-order chi connectivity index (χ0) is 20.4. The van der Waals surface area contributed by atoms with E-state index in [9.17, 15) is 9.59 Å². The standard InChI is InChI=1S/C23H27N3O3/c1-3-17-8-6-10-21(24-17)23(28)26-12-11-25(13-18(26)4-2)22(27)19-9-5-7-16-14-29-15-20(16)19/h5-10,18H,3-4,11-15H2,1-2H3. The smallest absolute Gasteiger partial charge is 0.272 e. The Hall–Kier alpha value is -2.73. The van der Waals surface area contributed by atoms with Gasteiger partial charge in [0.15, 0.2) is 0 Å². The van der Waals surface area contributed by atoms with Gasteiger partial charge in [0.1, 0.15) is 5.69 Å². The molecule has 0 spiro atoms. The van der Waals surface area contributed by atoms with Crippen LogP contribution in [0.5, 0.6) is 0 Å². The van der Waals surface area contributed by atoms with E-state index in [1.807, 2.05) is 47.1 Å². The maximum absolute atomic E-state index is 13.2. The van der Waals surface area contributed by atoms with Crippen molar-refractivity contribution in [3.8, 4) is 0 Å². The molecule has 29 heavy (non-hydrogen) atoms. The molecule has 2 aromatic rings. The van der Waals surface area contributed by atoms with E-state index in [1.54, 1.807) is 6.07 Å². The maximum atomic E-state index is 13.2. The molecule has 0 N–H and O–H groups in total. The lowest BCUT2D eigenvalue weighted by atomic mass is 10.0. The van der Waals surface area contributed by atoms with Crippen molar-refractivity contribution in [2.75, 3.05) is 19.6 Å². The average molecular weight is 393 g/mol. The first-order valence-corrected chi connectivity index (χ1v) is 10.4. The Bertz CT molecular complexity index is 927. The topological polar surface area (TPSA) is 62.7 Å². The summed E-state index contributed by atoms with van der Waals surface area (Å²) < 4.78 is 5.52. The van der Waals surface area contributed by atoms with E-state index in [2.05, 4.69) is 11.9 Å². The van der Waals surface area contributed by atoms with Gasteiger partial charge in [0.05, 0.1) is 13.2 Å². The number of rotatable bonds is 4. The fraction of sp³-hybridized carbons (Fsp3) is 0.435. The molecule has 6 heteroatoms. The molecule has 6 nitrogen and oxygen atoms in total. The molecule has 0 bridgehead atoms. The Morgan fingerprint density at radius 2 is 1.90 bits per heavy atom. The van der Waals surface area contributed by atoms with Crippen molar-refractivity contribution in [2.45, 2.75) is 45.9 Å². The molecule has 1 aromatic heterocycles. The molecular formula is C23H27N3O3. The fourth-order valence-corrected chi connectivity index (χ4v) is 4.17. The number of pyridine rings is 1. The molecule has 1 saturated heterocycles. The van der Waals surface area contributed by atoms with E-state index in [-0.39, 0.29) is 17.9 Å². The second-order valence-electron chi connectivity index (χ2n) is 7.62. The predicted molar refractivity (Wildman–Crippen MR) is 110 cm³/mol. The third kappa shape index (κ3) is 3.77. The highest BCUT2D eigenvalue weighted by molar-refractivity contribution is 5.97. The van der Waals surface area contributed by atoms with Crippen molar-refractivity contribution in [3.63, 3.8) is 0 Å². The van der Waals surface area contributed by atoms with Gasteiger partial charge in [-0.25, -0.2) is 4.98 Å². The summed E-state index contributed by atoms with van der Waals surface area (Å²) in [5, 5.41) is 0. The summed E-state index contributed by atoms with van der Waals surface area (Å²) in [7, 11) is 0. The first kappa shape index (κ1) is 19.6. The monoisotopic (exact) mass is 393 g/mol. The van der Waals surface area contributed by atoms with Gasteiger partial charge >= 0.3 is 0 Å². The number of carbonyl (C=O) groups is 2. The molecular weight excluding hydrogens is 366 g/mol. The van der Waals surface area contributed by atoms with E-state index in [0.717, 1.165) is 35.2 Å². The molecule has 0 aliphatic carbocycles. The van der Waals surface area contributed by atoms with Gasteiger partial charge in [-0.3, -0.25) is 9.59 Å². The van der Waals surface area contributed by atoms with Crippen LogP contribution in [0, 0.1) is 0 Å². The van der Waals surface area contributed by atoms with E-state index in [4.69, 9.17) is 4.74 Å². The minimum absolute atomic E-state index is 0.0136. The van der Waals surface area contributed by atoms with Crippen LogP contribution in [0.2, 0.25) is 0 Å². The summed E-state index contributed by atoms with van der Waals surface area (Å²) in [4.78, 5) is 34.5. The summed E-state index contributed by atoms with van der Waals surface area (Å²) in [6.45, 7) is 6.74. The molecule has 3 heterocycles. The number of amides is 2. The van der Waals surface area contributed by atoms with Crippen LogP contribution in [0.25, 0.3) is 0 Å². The van der Waals surface area contributed by atoms with Gasteiger partial charge in [-0.05, 0) is 42.2 Å². The molecule has 1 unspecified atom stereocenters. The number of nitrogens with zero attached hydrogens (tertiary/aromatic N) is 3. The van der Waals surface area contributed by atoms with Crippen LogP contribution in [0.4, 0.5) is 0 Å². The van der Waals surface area contributed by atoms with Crippen molar-refractivity contribution in [2.24, 2.45) is 0 Å². The Kier molecular flexibility index (Phi) is 5.62. The van der Waals surface area contributed by atoms with E-state index in [0.29, 0.717) is 38.5 Å². The normalized spacial score (nSPS) is 18.6. The van der Waals surface area contributed by atoms with Crippen LogP contribution in [-0.2, 0) is 24.4 Å². The van der Waals surface area contributed by atoms with Gasteiger partial charge < -0.3 is 14.5 Å². The summed E-state index contributed by atoms with van der Waals surface area (Å²) in [6, 6.07) is 11.4. The van der Waals surface area contributed by atoms with Crippen molar-refractivity contribution in [1.29, 1.82) is 0 Å². The molecule has 4 rings (SSSR count). The summed E-state index contributed by atoms with van der Waals surface area (Å²) >= 11 is 0. The Morgan fingerprint density at radius 3 is 2.69 bits per heavy atom. The number of fused-ring (bicyclic) bond motifs is 1. The van der Waals surface area contributed by atoms with Crippen LogP contribution < -0.4 is 0 Å². The van der Waals surface area contributed by atoms with Crippen LogP contribution in [0.15, 0.2) is 36.4 Å². The number of hydrogen-bond donors (Lipinski definition) is 0. The number of aryl methyl sites for hydroxylation is 1. The lowest BCUT2D eigenvalue weighted by Crippen LogP contribution is -2.56. The van der Waals surface area contributed by atoms with Gasteiger partial charge in [0.2, 0.25) is 0 Å². The van der Waals surface area contributed by atoms with Crippen molar-refractivity contribution in [1.82, 2.24) is 14.8 Å². The van der Waals surface area contributed by atoms with Crippen LogP contribution in [0.1, 0.15) is 57.9 Å². The van der Waals surface area contributed by atoms with Gasteiger partial charge in [-0.15, -0.1) is 0 Å². The van der Waals surface area contributed by atoms with Gasteiger partial charge in [-0.2, -0.15) is 0 Å². The lowest BCUT2D eigenvalue weighted by Gasteiger charge is -2.41. The molecule has 1 atom stereocenters. The molecule has 1 fully saturated rings.